The van der Waals surface area contributed by atoms with Crippen LogP contribution < -0.4 is 5.32 Å². The number of urea groups is 1. The van der Waals surface area contributed by atoms with Crippen LogP contribution in [0.5, 0.6) is 0 Å². The molecule has 6 heteroatoms. The molecule has 1 aliphatic heterocycles. The van der Waals surface area contributed by atoms with Crippen LogP contribution in [0.2, 0.25) is 0 Å². The second-order valence-electron chi connectivity index (χ2n) is 8.85. The first-order chi connectivity index (χ1) is 16.6. The number of fused-ring (bicyclic) bond motifs is 1. The Morgan fingerprint density at radius 1 is 0.941 bits per heavy atom. The van der Waals surface area contributed by atoms with Crippen LogP contribution in [0.1, 0.15) is 43.2 Å². The highest BCUT2D eigenvalue weighted by atomic mass is 16.2. The van der Waals surface area contributed by atoms with E-state index in [9.17, 15) is 14.4 Å². The summed E-state index contributed by atoms with van der Waals surface area (Å²) in [4.78, 5) is 39.4. The van der Waals surface area contributed by atoms with Gasteiger partial charge in [0.25, 0.3) is 11.8 Å². The third-order valence-corrected chi connectivity index (χ3v) is 6.54. The summed E-state index contributed by atoms with van der Waals surface area (Å²) in [6.07, 6.45) is 10.8. The van der Waals surface area contributed by atoms with Gasteiger partial charge >= 0.3 is 6.03 Å². The topological polar surface area (TPSA) is 71.4 Å². The Labute approximate surface area is 198 Å². The molecule has 2 heterocycles. The third-order valence-electron chi connectivity index (χ3n) is 6.54. The van der Waals surface area contributed by atoms with E-state index in [0.717, 1.165) is 46.2 Å². The lowest BCUT2D eigenvalue weighted by atomic mass is 9.97. The first-order valence-electron chi connectivity index (χ1n) is 11.8. The van der Waals surface area contributed by atoms with Crippen molar-refractivity contribution in [1.29, 1.82) is 0 Å². The Balaban J connectivity index is 1.45. The predicted molar refractivity (Wildman–Crippen MR) is 132 cm³/mol. The lowest BCUT2D eigenvalue weighted by Crippen LogP contribution is -2.54. The second kappa shape index (κ2) is 9.51. The molecular formula is C28H27N3O3. The quantitative estimate of drug-likeness (QED) is 0.323. The maximum atomic E-state index is 13.2. The molecule has 0 unspecified atom stereocenters. The van der Waals surface area contributed by atoms with Gasteiger partial charge in [-0.2, -0.15) is 0 Å². The van der Waals surface area contributed by atoms with Gasteiger partial charge in [-0.1, -0.05) is 60.2 Å². The summed E-state index contributed by atoms with van der Waals surface area (Å²) in [5.41, 5.74) is 4.20. The number of nitrogens with zero attached hydrogens (tertiary/aromatic N) is 2. The number of amides is 4. The SMILES string of the molecule is O=C1NC(=O)N(CCC2=CCCCC2)C(=O)C1=Cc1cn(Cc2ccccc2)c2ccccc12. The highest BCUT2D eigenvalue weighted by Crippen LogP contribution is 2.26. The minimum absolute atomic E-state index is 0.0140. The maximum absolute atomic E-state index is 13.2. The zero-order valence-electron chi connectivity index (χ0n) is 19.0. The number of hydrogen-bond donors (Lipinski definition) is 1. The van der Waals surface area contributed by atoms with Gasteiger partial charge in [0.2, 0.25) is 0 Å². The zero-order chi connectivity index (χ0) is 23.5. The van der Waals surface area contributed by atoms with E-state index in [0.29, 0.717) is 13.0 Å². The van der Waals surface area contributed by atoms with Crippen molar-refractivity contribution < 1.29 is 14.4 Å². The van der Waals surface area contributed by atoms with Crippen LogP contribution in [0.4, 0.5) is 4.79 Å². The Bertz CT molecular complexity index is 1320. The molecule has 0 saturated carbocycles. The van der Waals surface area contributed by atoms with Gasteiger partial charge in [-0.15, -0.1) is 0 Å². The summed E-state index contributed by atoms with van der Waals surface area (Å²) in [7, 11) is 0. The highest BCUT2D eigenvalue weighted by molar-refractivity contribution is 6.31. The largest absolute Gasteiger partial charge is 0.342 e. The molecule has 1 aromatic heterocycles. The molecule has 0 atom stereocenters. The molecule has 0 radical (unpaired) electrons. The van der Waals surface area contributed by atoms with Gasteiger partial charge < -0.3 is 4.57 Å². The predicted octanol–water partition coefficient (Wildman–Crippen LogP) is 5.04. The molecule has 2 aromatic carbocycles. The monoisotopic (exact) mass is 453 g/mol. The zero-order valence-corrected chi connectivity index (χ0v) is 19.0. The van der Waals surface area contributed by atoms with Crippen LogP contribution in [0.15, 0.2) is 78.0 Å². The van der Waals surface area contributed by atoms with E-state index in [1.165, 1.54) is 12.0 Å². The number of allylic oxidation sites excluding steroid dienone is 1. The lowest BCUT2D eigenvalue weighted by molar-refractivity contribution is -0.130. The van der Waals surface area contributed by atoms with Crippen LogP contribution in [0, 0.1) is 0 Å². The van der Waals surface area contributed by atoms with Crippen molar-refractivity contribution in [2.75, 3.05) is 6.54 Å². The normalized spacial score (nSPS) is 17.9. The van der Waals surface area contributed by atoms with Gasteiger partial charge in [0, 0.05) is 35.8 Å². The van der Waals surface area contributed by atoms with E-state index in [4.69, 9.17) is 0 Å². The van der Waals surface area contributed by atoms with Crippen molar-refractivity contribution in [2.45, 2.75) is 38.6 Å². The molecule has 1 aliphatic carbocycles. The maximum Gasteiger partial charge on any atom is 0.331 e. The molecule has 5 rings (SSSR count). The highest BCUT2D eigenvalue weighted by Gasteiger charge is 2.35. The molecule has 6 nitrogen and oxygen atoms in total. The molecule has 172 valence electrons. The van der Waals surface area contributed by atoms with Crippen molar-refractivity contribution in [2.24, 2.45) is 0 Å². The fourth-order valence-electron chi connectivity index (χ4n) is 4.74. The molecule has 1 saturated heterocycles. The Hall–Kier alpha value is -3.93. The van der Waals surface area contributed by atoms with E-state index in [-0.39, 0.29) is 12.1 Å². The average molecular weight is 454 g/mol. The molecule has 3 aromatic rings. The Kier molecular flexibility index (Phi) is 6.12. The number of carbonyl (C=O) groups is 3. The Morgan fingerprint density at radius 2 is 1.74 bits per heavy atom. The molecule has 34 heavy (non-hydrogen) atoms. The smallest absolute Gasteiger partial charge is 0.331 e. The number of rotatable bonds is 6. The number of carbonyl (C=O) groups excluding carboxylic acids is 3. The van der Waals surface area contributed by atoms with Crippen molar-refractivity contribution >= 4 is 34.8 Å². The van der Waals surface area contributed by atoms with Crippen LogP contribution in [-0.4, -0.2) is 33.9 Å². The van der Waals surface area contributed by atoms with Gasteiger partial charge in [-0.3, -0.25) is 19.8 Å². The van der Waals surface area contributed by atoms with Crippen LogP contribution in [-0.2, 0) is 16.1 Å². The van der Waals surface area contributed by atoms with Gasteiger partial charge in [0.15, 0.2) is 0 Å². The first kappa shape index (κ1) is 21.9. The average Bonchev–Trinajstić information content (AvgIpc) is 3.20. The van der Waals surface area contributed by atoms with E-state index < -0.39 is 17.8 Å². The molecular weight excluding hydrogens is 426 g/mol. The minimum Gasteiger partial charge on any atom is -0.342 e. The molecule has 4 amide bonds. The van der Waals surface area contributed by atoms with Gasteiger partial charge in [0.05, 0.1) is 0 Å². The van der Waals surface area contributed by atoms with Gasteiger partial charge in [0.1, 0.15) is 5.57 Å². The van der Waals surface area contributed by atoms with Crippen LogP contribution in [0.3, 0.4) is 0 Å². The van der Waals surface area contributed by atoms with Crippen molar-refractivity contribution in [3.8, 4) is 0 Å². The number of benzene rings is 2. The summed E-state index contributed by atoms with van der Waals surface area (Å²) < 4.78 is 2.11. The molecule has 1 fully saturated rings. The van der Waals surface area contributed by atoms with Gasteiger partial charge in [-0.05, 0) is 49.8 Å². The standard InChI is InChI=1S/C28H27N3O3/c32-26-24(27(33)31(28(34)29-26)16-15-20-9-3-1-4-10-20)17-22-19-30(18-21-11-5-2-6-12-21)25-14-8-7-13-23(22)25/h2,5-9,11-14,17,19H,1,3-4,10,15-16,18H2,(H,29,32,34). The number of hydrogen-bond acceptors (Lipinski definition) is 3. The molecule has 0 spiro atoms. The lowest BCUT2D eigenvalue weighted by Gasteiger charge is -2.27. The fraction of sp³-hybridized carbons (Fsp3) is 0.250. The van der Waals surface area contributed by atoms with Crippen LogP contribution >= 0.6 is 0 Å². The molecule has 1 N–H and O–H groups in total. The second-order valence-corrected chi connectivity index (χ2v) is 8.85. The summed E-state index contributed by atoms with van der Waals surface area (Å²) in [5, 5.41) is 3.29. The van der Waals surface area contributed by atoms with E-state index in [2.05, 4.69) is 28.1 Å². The number of para-hydroxylation sites is 1. The van der Waals surface area contributed by atoms with Crippen LogP contribution in [0.25, 0.3) is 17.0 Å². The first-order valence-corrected chi connectivity index (χ1v) is 11.8. The molecule has 2 aliphatic rings. The fourth-order valence-corrected chi connectivity index (χ4v) is 4.74. The molecule has 0 bridgehead atoms. The van der Waals surface area contributed by atoms with Gasteiger partial charge in [-0.25, -0.2) is 4.79 Å². The van der Waals surface area contributed by atoms with E-state index in [1.54, 1.807) is 6.08 Å². The summed E-state index contributed by atoms with van der Waals surface area (Å²) in [6, 6.07) is 17.4. The number of imide groups is 2. The number of barbiturate groups is 1. The minimum atomic E-state index is -0.650. The summed E-state index contributed by atoms with van der Waals surface area (Å²) >= 11 is 0. The van der Waals surface area contributed by atoms with E-state index >= 15 is 0 Å². The van der Waals surface area contributed by atoms with Crippen molar-refractivity contribution in [3.63, 3.8) is 0 Å². The number of aromatic nitrogens is 1. The number of nitrogens with one attached hydrogen (secondary N) is 1. The Morgan fingerprint density at radius 3 is 2.53 bits per heavy atom. The third kappa shape index (κ3) is 4.44. The summed E-state index contributed by atoms with van der Waals surface area (Å²) in [6.45, 7) is 0.946. The van der Waals surface area contributed by atoms with Crippen molar-refractivity contribution in [1.82, 2.24) is 14.8 Å². The van der Waals surface area contributed by atoms with Crippen molar-refractivity contribution in [3.05, 3.63) is 89.1 Å². The van der Waals surface area contributed by atoms with E-state index in [1.807, 2.05) is 48.7 Å². The summed E-state index contributed by atoms with van der Waals surface area (Å²) in [5.74, 6) is -1.19.